The predicted molar refractivity (Wildman–Crippen MR) is 247 cm³/mol. The quantitative estimate of drug-likeness (QED) is 0.169. The number of benzene rings is 10. The average molecular weight is 754 g/mol. The van der Waals surface area contributed by atoms with E-state index in [4.69, 9.17) is 8.83 Å². The first-order valence-electron chi connectivity index (χ1n) is 20.1. The second kappa shape index (κ2) is 13.4. The van der Waals surface area contributed by atoms with Crippen LogP contribution >= 0.6 is 0 Å². The molecule has 0 N–H and O–H groups in total. The Balaban J connectivity index is 1.00. The highest BCUT2D eigenvalue weighted by atomic mass is 16.3. The van der Waals surface area contributed by atoms with E-state index in [2.05, 4.69) is 205 Å². The second-order valence-corrected chi connectivity index (χ2v) is 15.3. The van der Waals surface area contributed by atoms with E-state index in [0.717, 1.165) is 88.4 Å². The van der Waals surface area contributed by atoms with E-state index in [1.807, 2.05) is 12.1 Å². The molecule has 3 heteroatoms. The molecule has 0 aliphatic carbocycles. The van der Waals surface area contributed by atoms with Gasteiger partial charge in [0.05, 0.1) is 11.1 Å². The fourth-order valence-corrected chi connectivity index (χ4v) is 8.93. The van der Waals surface area contributed by atoms with Gasteiger partial charge < -0.3 is 13.7 Å². The Kier molecular flexibility index (Phi) is 7.54. The molecule has 0 saturated carbocycles. The van der Waals surface area contributed by atoms with Crippen molar-refractivity contribution in [1.82, 2.24) is 0 Å². The summed E-state index contributed by atoms with van der Waals surface area (Å²) in [6.07, 6.45) is 0. The smallest absolute Gasteiger partial charge is 0.143 e. The van der Waals surface area contributed by atoms with Gasteiger partial charge in [-0.1, -0.05) is 140 Å². The zero-order chi connectivity index (χ0) is 38.9. The Morgan fingerprint density at radius 3 is 1.78 bits per heavy atom. The minimum atomic E-state index is 0.856. The van der Waals surface area contributed by atoms with E-state index in [0.29, 0.717) is 0 Å². The molecule has 0 radical (unpaired) electrons. The fourth-order valence-electron chi connectivity index (χ4n) is 8.93. The summed E-state index contributed by atoms with van der Waals surface area (Å²) in [4.78, 5) is 2.37. The fraction of sp³-hybridized carbons (Fsp3) is 0. The van der Waals surface area contributed by atoms with Crippen molar-refractivity contribution in [1.29, 1.82) is 0 Å². The van der Waals surface area contributed by atoms with Crippen LogP contribution < -0.4 is 4.90 Å². The Bertz CT molecular complexity index is 3570. The lowest BCUT2D eigenvalue weighted by Crippen LogP contribution is -2.10. The van der Waals surface area contributed by atoms with Crippen molar-refractivity contribution in [3.8, 4) is 33.4 Å². The minimum absolute atomic E-state index is 0.856. The maximum Gasteiger partial charge on any atom is 0.143 e. The van der Waals surface area contributed by atoms with Gasteiger partial charge in [0.25, 0.3) is 0 Å². The third-order valence-corrected chi connectivity index (χ3v) is 11.8. The van der Waals surface area contributed by atoms with Crippen molar-refractivity contribution < 1.29 is 8.83 Å². The van der Waals surface area contributed by atoms with Gasteiger partial charge in [-0.3, -0.25) is 0 Å². The number of hydrogen-bond acceptors (Lipinski definition) is 3. The summed E-state index contributed by atoms with van der Waals surface area (Å²) in [6.45, 7) is 0. The molecule has 0 fully saturated rings. The average Bonchev–Trinajstić information content (AvgIpc) is 3.88. The molecular formula is C56H35NO2. The van der Waals surface area contributed by atoms with E-state index >= 15 is 0 Å². The van der Waals surface area contributed by atoms with Gasteiger partial charge >= 0.3 is 0 Å². The Labute approximate surface area is 340 Å². The van der Waals surface area contributed by atoms with E-state index in [1.165, 1.54) is 27.5 Å². The molecular weight excluding hydrogens is 719 g/mol. The van der Waals surface area contributed by atoms with Gasteiger partial charge in [0.1, 0.15) is 22.3 Å². The van der Waals surface area contributed by atoms with Crippen LogP contribution in [0.2, 0.25) is 0 Å². The summed E-state index contributed by atoms with van der Waals surface area (Å²) >= 11 is 0. The van der Waals surface area contributed by atoms with Crippen LogP contribution in [0.4, 0.5) is 17.1 Å². The maximum atomic E-state index is 6.70. The van der Waals surface area contributed by atoms with E-state index in [1.54, 1.807) is 0 Å². The van der Waals surface area contributed by atoms with Crippen LogP contribution in [0.1, 0.15) is 0 Å². The highest BCUT2D eigenvalue weighted by molar-refractivity contribution is 6.19. The van der Waals surface area contributed by atoms with Crippen LogP contribution in [-0.4, -0.2) is 0 Å². The molecule has 0 spiro atoms. The van der Waals surface area contributed by atoms with Crippen molar-refractivity contribution in [3.63, 3.8) is 0 Å². The number of nitrogens with zero attached hydrogens (tertiary/aromatic N) is 1. The van der Waals surface area contributed by atoms with Crippen molar-refractivity contribution in [2.45, 2.75) is 0 Å². The highest BCUT2D eigenvalue weighted by Crippen LogP contribution is 2.45. The van der Waals surface area contributed by atoms with Crippen molar-refractivity contribution in [2.75, 3.05) is 4.90 Å². The van der Waals surface area contributed by atoms with E-state index in [9.17, 15) is 0 Å². The summed E-state index contributed by atoms with van der Waals surface area (Å²) in [6, 6.07) is 75.9. The number of furan rings is 2. The molecule has 12 aromatic rings. The molecule has 0 amide bonds. The lowest BCUT2D eigenvalue weighted by Gasteiger charge is -2.27. The van der Waals surface area contributed by atoms with Crippen LogP contribution in [0.25, 0.3) is 98.8 Å². The summed E-state index contributed by atoms with van der Waals surface area (Å²) < 4.78 is 12.9. The molecule has 0 aliphatic rings. The molecule has 12 rings (SSSR count). The molecule has 0 atom stereocenters. The number of anilines is 3. The molecule has 276 valence electrons. The number of para-hydroxylation sites is 1. The molecule has 10 aromatic carbocycles. The molecule has 2 aromatic heterocycles. The second-order valence-electron chi connectivity index (χ2n) is 15.3. The standard InChI is InChI=1S/C56H35NO2/c1-2-12-39-33-43(23-22-36(39)10-1)41-14-7-13-40(32-41)37-24-28-45(29-25-37)57(51-19-9-21-54-55(51)49-30-26-38-11-3-4-17-47(38)56(49)59-54)46-16-8-15-42(34-46)44-27-31-53-50(35-44)48-18-5-6-20-52(48)58-53/h1-35H. The van der Waals surface area contributed by atoms with Gasteiger partial charge in [0.15, 0.2) is 0 Å². The lowest BCUT2D eigenvalue weighted by molar-refractivity contribution is 0.669. The van der Waals surface area contributed by atoms with Crippen LogP contribution in [-0.2, 0) is 0 Å². The summed E-state index contributed by atoms with van der Waals surface area (Å²) in [7, 11) is 0. The van der Waals surface area contributed by atoms with Gasteiger partial charge in [0.2, 0.25) is 0 Å². The van der Waals surface area contributed by atoms with Crippen LogP contribution in [0.3, 0.4) is 0 Å². The summed E-state index contributed by atoms with van der Waals surface area (Å²) in [5.41, 5.74) is 13.7. The van der Waals surface area contributed by atoms with Gasteiger partial charge in [-0.2, -0.15) is 0 Å². The Morgan fingerprint density at radius 1 is 0.288 bits per heavy atom. The van der Waals surface area contributed by atoms with Crippen molar-refractivity contribution >= 4 is 82.5 Å². The van der Waals surface area contributed by atoms with E-state index in [-0.39, 0.29) is 0 Å². The first kappa shape index (κ1) is 33.3. The molecule has 2 heterocycles. The molecule has 0 saturated heterocycles. The maximum absolute atomic E-state index is 6.70. The van der Waals surface area contributed by atoms with Crippen LogP contribution in [0.15, 0.2) is 221 Å². The SMILES string of the molecule is c1cc(-c2ccc(N(c3cccc(-c4ccc5oc6ccccc6c5c4)c3)c3cccc4oc5c6ccccc6ccc5c34)cc2)cc(-c2ccc3ccccc3c2)c1. The summed E-state index contributed by atoms with van der Waals surface area (Å²) in [5.74, 6) is 0. The predicted octanol–water partition coefficient (Wildman–Crippen LogP) is 16.3. The zero-order valence-electron chi connectivity index (χ0n) is 32.0. The van der Waals surface area contributed by atoms with Gasteiger partial charge in [-0.15, -0.1) is 0 Å². The van der Waals surface area contributed by atoms with Gasteiger partial charge in [0, 0.05) is 32.9 Å². The third kappa shape index (κ3) is 5.59. The van der Waals surface area contributed by atoms with Crippen LogP contribution in [0.5, 0.6) is 0 Å². The lowest BCUT2D eigenvalue weighted by atomic mass is 9.97. The largest absolute Gasteiger partial charge is 0.456 e. The first-order chi connectivity index (χ1) is 29.2. The highest BCUT2D eigenvalue weighted by Gasteiger charge is 2.21. The first-order valence-corrected chi connectivity index (χ1v) is 20.1. The van der Waals surface area contributed by atoms with Crippen molar-refractivity contribution in [3.05, 3.63) is 212 Å². The Morgan fingerprint density at radius 2 is 0.898 bits per heavy atom. The molecule has 0 bridgehead atoms. The number of rotatable bonds is 6. The third-order valence-electron chi connectivity index (χ3n) is 11.8. The Hall–Kier alpha value is -7.88. The van der Waals surface area contributed by atoms with E-state index < -0.39 is 0 Å². The van der Waals surface area contributed by atoms with Crippen molar-refractivity contribution in [2.24, 2.45) is 0 Å². The normalized spacial score (nSPS) is 11.7. The number of fused-ring (bicyclic) bond motifs is 9. The molecule has 59 heavy (non-hydrogen) atoms. The molecule has 0 unspecified atom stereocenters. The van der Waals surface area contributed by atoms with Gasteiger partial charge in [-0.25, -0.2) is 0 Å². The van der Waals surface area contributed by atoms with Gasteiger partial charge in [-0.05, 0) is 122 Å². The molecule has 0 aliphatic heterocycles. The topological polar surface area (TPSA) is 29.5 Å². The molecule has 3 nitrogen and oxygen atoms in total. The summed E-state index contributed by atoms with van der Waals surface area (Å²) in [5, 5.41) is 9.17. The monoisotopic (exact) mass is 753 g/mol. The minimum Gasteiger partial charge on any atom is -0.456 e. The van der Waals surface area contributed by atoms with Crippen LogP contribution in [0, 0.1) is 0 Å². The number of hydrogen-bond donors (Lipinski definition) is 0. The zero-order valence-corrected chi connectivity index (χ0v) is 32.0.